The van der Waals surface area contributed by atoms with Crippen LogP contribution in [0.4, 0.5) is 0 Å². The van der Waals surface area contributed by atoms with Gasteiger partial charge >= 0.3 is 11.9 Å². The molecule has 1 N–H and O–H groups in total. The lowest BCUT2D eigenvalue weighted by atomic mass is 9.98. The summed E-state index contributed by atoms with van der Waals surface area (Å²) in [5.41, 5.74) is 0. The van der Waals surface area contributed by atoms with Crippen LogP contribution in [-0.4, -0.2) is 23.7 Å². The van der Waals surface area contributed by atoms with E-state index in [1.54, 1.807) is 0 Å². The van der Waals surface area contributed by atoms with Gasteiger partial charge in [0.15, 0.2) is 0 Å². The lowest BCUT2D eigenvalue weighted by Crippen LogP contribution is -2.21. The van der Waals surface area contributed by atoms with Gasteiger partial charge in [-0.05, 0) is 32.1 Å². The minimum atomic E-state index is -0.954. The molecule has 0 aliphatic carbocycles. The fourth-order valence-corrected chi connectivity index (χ4v) is 4.47. The molecule has 0 fully saturated rings. The number of hydrogen-bond acceptors (Lipinski definition) is 3. The van der Waals surface area contributed by atoms with Gasteiger partial charge in [0.1, 0.15) is 6.61 Å². The van der Waals surface area contributed by atoms with Crippen LogP contribution in [0.2, 0.25) is 0 Å². The number of allylic oxidation sites excluding steroid dienone is 2. The molecule has 0 aromatic carbocycles. The molecular formula is C31H56O4. The molecule has 0 amide bonds. The first kappa shape index (κ1) is 33.4. The molecule has 0 heterocycles. The molecule has 0 saturated carbocycles. The van der Waals surface area contributed by atoms with Crippen molar-refractivity contribution in [3.05, 3.63) is 24.8 Å². The number of carboxylic acids is 1. The Morgan fingerprint density at radius 3 is 1.57 bits per heavy atom. The topological polar surface area (TPSA) is 63.6 Å². The number of carbonyl (C=O) groups excluding carboxylic acids is 1. The Bertz CT molecular complexity index is 526. The zero-order valence-electron chi connectivity index (χ0n) is 23.0. The van der Waals surface area contributed by atoms with Gasteiger partial charge in [-0.15, -0.1) is 0 Å². The summed E-state index contributed by atoms with van der Waals surface area (Å²) >= 11 is 0. The summed E-state index contributed by atoms with van der Waals surface area (Å²) in [7, 11) is 0. The SMILES string of the molecule is C=CCOC(=O)C(CCCC/C=C/CCCCCCCCCCCCCCCCCC)CC(=O)O. The molecule has 0 aromatic heterocycles. The Hall–Kier alpha value is -1.58. The Balaban J connectivity index is 3.44. The van der Waals surface area contributed by atoms with Crippen molar-refractivity contribution in [2.45, 2.75) is 148 Å². The highest BCUT2D eigenvalue weighted by Crippen LogP contribution is 2.17. The van der Waals surface area contributed by atoms with E-state index in [0.29, 0.717) is 6.42 Å². The number of unbranched alkanes of at least 4 members (excludes halogenated alkanes) is 18. The number of hydrogen-bond donors (Lipinski definition) is 1. The molecule has 4 nitrogen and oxygen atoms in total. The molecule has 0 bridgehead atoms. The number of ether oxygens (including phenoxy) is 1. The standard InChI is InChI=1S/C31H56O4/c1-3-5-6-7-8-9-10-11-12-13-14-15-16-17-18-19-20-21-22-23-24-25-26-29(28-30(32)33)31(34)35-27-4-2/h4,21-22,29H,2-3,5-20,23-28H2,1H3,(H,32,33)/b22-21+. The first-order valence-electron chi connectivity index (χ1n) is 14.8. The van der Waals surface area contributed by atoms with Crippen molar-refractivity contribution in [1.82, 2.24) is 0 Å². The molecule has 0 rings (SSSR count). The van der Waals surface area contributed by atoms with E-state index in [-0.39, 0.29) is 13.0 Å². The van der Waals surface area contributed by atoms with E-state index >= 15 is 0 Å². The van der Waals surface area contributed by atoms with Crippen molar-refractivity contribution < 1.29 is 19.4 Å². The Morgan fingerprint density at radius 2 is 1.14 bits per heavy atom. The summed E-state index contributed by atoms with van der Waals surface area (Å²) in [6.07, 6.45) is 32.7. The minimum Gasteiger partial charge on any atom is -0.481 e. The lowest BCUT2D eigenvalue weighted by molar-refractivity contribution is -0.152. The zero-order chi connectivity index (χ0) is 25.8. The number of rotatable bonds is 27. The Labute approximate surface area is 217 Å². The highest BCUT2D eigenvalue weighted by molar-refractivity contribution is 5.79. The van der Waals surface area contributed by atoms with Crippen LogP contribution in [0.15, 0.2) is 24.8 Å². The average molecular weight is 493 g/mol. The number of aliphatic carboxylic acids is 1. The van der Waals surface area contributed by atoms with Gasteiger partial charge in [-0.1, -0.05) is 134 Å². The quantitative estimate of drug-likeness (QED) is 0.0704. The van der Waals surface area contributed by atoms with Gasteiger partial charge in [0.05, 0.1) is 12.3 Å². The summed E-state index contributed by atoms with van der Waals surface area (Å²) in [4.78, 5) is 22.9. The van der Waals surface area contributed by atoms with Gasteiger partial charge in [0.2, 0.25) is 0 Å². The number of carboxylic acid groups (broad SMARTS) is 1. The van der Waals surface area contributed by atoms with E-state index in [2.05, 4.69) is 25.7 Å². The highest BCUT2D eigenvalue weighted by Gasteiger charge is 2.22. The number of esters is 1. The van der Waals surface area contributed by atoms with Gasteiger partial charge in [0.25, 0.3) is 0 Å². The van der Waals surface area contributed by atoms with Gasteiger partial charge in [-0.2, -0.15) is 0 Å². The van der Waals surface area contributed by atoms with Crippen molar-refractivity contribution in [2.75, 3.05) is 6.61 Å². The van der Waals surface area contributed by atoms with Crippen LogP contribution < -0.4 is 0 Å². The van der Waals surface area contributed by atoms with Crippen molar-refractivity contribution in [3.8, 4) is 0 Å². The van der Waals surface area contributed by atoms with Crippen molar-refractivity contribution in [1.29, 1.82) is 0 Å². The van der Waals surface area contributed by atoms with E-state index in [1.165, 1.54) is 109 Å². The van der Waals surface area contributed by atoms with Crippen molar-refractivity contribution >= 4 is 11.9 Å². The van der Waals surface area contributed by atoms with Gasteiger partial charge < -0.3 is 9.84 Å². The Kier molecular flexibility index (Phi) is 25.8. The predicted molar refractivity (Wildman–Crippen MR) is 149 cm³/mol. The van der Waals surface area contributed by atoms with E-state index in [4.69, 9.17) is 9.84 Å². The molecule has 0 aliphatic heterocycles. The van der Waals surface area contributed by atoms with Crippen LogP contribution in [0.5, 0.6) is 0 Å². The molecule has 35 heavy (non-hydrogen) atoms. The van der Waals surface area contributed by atoms with Crippen LogP contribution >= 0.6 is 0 Å². The summed E-state index contributed by atoms with van der Waals surface area (Å²) in [6.45, 7) is 5.93. The van der Waals surface area contributed by atoms with E-state index in [1.807, 2.05) is 0 Å². The fourth-order valence-electron chi connectivity index (χ4n) is 4.47. The third-order valence-corrected chi connectivity index (χ3v) is 6.66. The molecule has 4 heteroatoms. The summed E-state index contributed by atoms with van der Waals surface area (Å²) in [6, 6.07) is 0. The van der Waals surface area contributed by atoms with Gasteiger partial charge in [-0.3, -0.25) is 9.59 Å². The molecule has 204 valence electrons. The second-order valence-electron chi connectivity index (χ2n) is 10.1. The zero-order valence-corrected chi connectivity index (χ0v) is 23.0. The largest absolute Gasteiger partial charge is 0.481 e. The van der Waals surface area contributed by atoms with Crippen LogP contribution in [0.3, 0.4) is 0 Å². The molecular weight excluding hydrogens is 436 g/mol. The normalized spacial score (nSPS) is 12.1. The van der Waals surface area contributed by atoms with Crippen LogP contribution in [0, 0.1) is 5.92 Å². The minimum absolute atomic E-state index is 0.136. The lowest BCUT2D eigenvalue weighted by Gasteiger charge is -2.13. The highest BCUT2D eigenvalue weighted by atomic mass is 16.5. The van der Waals surface area contributed by atoms with Crippen LogP contribution in [0.1, 0.15) is 148 Å². The second kappa shape index (κ2) is 27.0. The van der Waals surface area contributed by atoms with E-state index in [0.717, 1.165) is 25.7 Å². The summed E-state index contributed by atoms with van der Waals surface area (Å²) in [5.74, 6) is -1.93. The maximum absolute atomic E-state index is 11.9. The molecule has 0 aromatic rings. The molecule has 0 saturated heterocycles. The first-order valence-corrected chi connectivity index (χ1v) is 14.8. The van der Waals surface area contributed by atoms with Crippen molar-refractivity contribution in [3.63, 3.8) is 0 Å². The van der Waals surface area contributed by atoms with Crippen molar-refractivity contribution in [2.24, 2.45) is 5.92 Å². The van der Waals surface area contributed by atoms with Crippen LogP contribution in [0.25, 0.3) is 0 Å². The molecule has 1 atom stereocenters. The molecule has 1 unspecified atom stereocenters. The van der Waals surface area contributed by atoms with Crippen LogP contribution in [-0.2, 0) is 14.3 Å². The average Bonchev–Trinajstić information content (AvgIpc) is 2.84. The van der Waals surface area contributed by atoms with E-state index < -0.39 is 17.9 Å². The first-order chi connectivity index (χ1) is 17.1. The monoisotopic (exact) mass is 492 g/mol. The predicted octanol–water partition coefficient (Wildman–Crippen LogP) is 9.57. The molecule has 0 aliphatic rings. The maximum atomic E-state index is 11.9. The smallest absolute Gasteiger partial charge is 0.309 e. The third-order valence-electron chi connectivity index (χ3n) is 6.66. The third kappa shape index (κ3) is 25.3. The summed E-state index contributed by atoms with van der Waals surface area (Å²) < 4.78 is 5.02. The maximum Gasteiger partial charge on any atom is 0.309 e. The second-order valence-corrected chi connectivity index (χ2v) is 10.1. The van der Waals surface area contributed by atoms with Gasteiger partial charge in [0, 0.05) is 0 Å². The van der Waals surface area contributed by atoms with E-state index in [9.17, 15) is 9.59 Å². The van der Waals surface area contributed by atoms with Gasteiger partial charge in [-0.25, -0.2) is 0 Å². The number of carbonyl (C=O) groups is 2. The molecule has 0 radical (unpaired) electrons. The summed E-state index contributed by atoms with van der Waals surface area (Å²) in [5, 5.41) is 9.00. The molecule has 0 spiro atoms. The Morgan fingerprint density at radius 1 is 0.714 bits per heavy atom. The fraction of sp³-hybridized carbons (Fsp3) is 0.806.